The lowest BCUT2D eigenvalue weighted by Gasteiger charge is -2.22. The number of hydrogen-bond acceptors (Lipinski definition) is 7. The minimum atomic E-state index is -0.512. The molecule has 0 saturated carbocycles. The van der Waals surface area contributed by atoms with Crippen LogP contribution in [0, 0.1) is 19.3 Å². The SMILES string of the molecule is C#Cc1c(NC(=O)CC(C)c2cccc(O)c2)sc2c1CCC(OC(=O)NCc1cc(C)on1)C2. The Morgan fingerprint density at radius 3 is 2.94 bits per heavy atom. The highest BCUT2D eigenvalue weighted by Crippen LogP contribution is 2.38. The Morgan fingerprint density at radius 2 is 2.23 bits per heavy atom. The minimum absolute atomic E-state index is 0.0663. The molecule has 3 N–H and O–H groups in total. The number of phenolic OH excluding ortho intramolecular Hbond substituents is 1. The molecule has 0 spiro atoms. The number of phenols is 1. The van der Waals surface area contributed by atoms with Gasteiger partial charge in [-0.1, -0.05) is 30.1 Å². The molecule has 8 nitrogen and oxygen atoms in total. The summed E-state index contributed by atoms with van der Waals surface area (Å²) in [6.07, 6.45) is 7.11. The van der Waals surface area contributed by atoms with Crippen LogP contribution in [0.1, 0.15) is 58.7 Å². The van der Waals surface area contributed by atoms with Crippen molar-refractivity contribution in [2.24, 2.45) is 0 Å². The molecule has 2 amide bonds. The Balaban J connectivity index is 1.35. The van der Waals surface area contributed by atoms with Crippen LogP contribution in [0.15, 0.2) is 34.9 Å². The Hall–Kier alpha value is -3.77. The first-order valence-corrected chi connectivity index (χ1v) is 12.2. The van der Waals surface area contributed by atoms with Gasteiger partial charge in [-0.25, -0.2) is 4.79 Å². The van der Waals surface area contributed by atoms with E-state index in [-0.39, 0.29) is 36.6 Å². The molecular weight excluding hydrogens is 466 g/mol. The van der Waals surface area contributed by atoms with Crippen LogP contribution < -0.4 is 10.6 Å². The number of alkyl carbamates (subject to hydrolysis) is 1. The van der Waals surface area contributed by atoms with E-state index >= 15 is 0 Å². The van der Waals surface area contributed by atoms with E-state index in [1.807, 2.05) is 13.0 Å². The van der Waals surface area contributed by atoms with Gasteiger partial charge in [0.2, 0.25) is 5.91 Å². The lowest BCUT2D eigenvalue weighted by molar-refractivity contribution is -0.116. The van der Waals surface area contributed by atoms with Crippen molar-refractivity contribution >= 4 is 28.3 Å². The van der Waals surface area contributed by atoms with Crippen LogP contribution in [0.2, 0.25) is 0 Å². The molecule has 1 aliphatic carbocycles. The molecule has 2 atom stereocenters. The number of aryl methyl sites for hydroxylation is 1. The number of carbonyl (C=O) groups is 2. The Morgan fingerprint density at radius 1 is 1.40 bits per heavy atom. The molecule has 4 rings (SSSR count). The van der Waals surface area contributed by atoms with Gasteiger partial charge in [0, 0.05) is 23.8 Å². The quantitative estimate of drug-likeness (QED) is 0.413. The Bertz CT molecular complexity index is 1270. The number of amides is 2. The maximum absolute atomic E-state index is 12.7. The summed E-state index contributed by atoms with van der Waals surface area (Å²) in [5.74, 6) is 3.36. The third kappa shape index (κ3) is 6.03. The monoisotopic (exact) mass is 493 g/mol. The maximum atomic E-state index is 12.7. The lowest BCUT2D eigenvalue weighted by Crippen LogP contribution is -2.31. The third-order valence-corrected chi connectivity index (χ3v) is 7.08. The van der Waals surface area contributed by atoms with E-state index in [1.165, 1.54) is 11.3 Å². The molecule has 2 unspecified atom stereocenters. The van der Waals surface area contributed by atoms with E-state index in [0.717, 1.165) is 16.0 Å². The first-order valence-electron chi connectivity index (χ1n) is 11.4. The van der Waals surface area contributed by atoms with Crippen molar-refractivity contribution in [3.8, 4) is 18.1 Å². The van der Waals surface area contributed by atoms with Crippen molar-refractivity contribution in [1.29, 1.82) is 0 Å². The second kappa shape index (κ2) is 10.7. The molecule has 35 heavy (non-hydrogen) atoms. The number of aromatic nitrogens is 1. The molecule has 0 bridgehead atoms. The largest absolute Gasteiger partial charge is 0.508 e. The zero-order chi connectivity index (χ0) is 24.9. The average Bonchev–Trinajstić information content (AvgIpc) is 3.39. The van der Waals surface area contributed by atoms with Gasteiger partial charge in [-0.05, 0) is 48.9 Å². The molecular formula is C26H27N3O5S. The molecule has 2 heterocycles. The van der Waals surface area contributed by atoms with Crippen LogP contribution >= 0.6 is 11.3 Å². The summed E-state index contributed by atoms with van der Waals surface area (Å²) in [5, 5.41) is 19.8. The van der Waals surface area contributed by atoms with Crippen LogP contribution in [-0.2, 0) is 28.9 Å². The van der Waals surface area contributed by atoms with Crippen LogP contribution in [0.4, 0.5) is 9.80 Å². The lowest BCUT2D eigenvalue weighted by atomic mass is 9.93. The highest BCUT2D eigenvalue weighted by molar-refractivity contribution is 7.16. The summed E-state index contributed by atoms with van der Waals surface area (Å²) in [6.45, 7) is 3.95. The Kier molecular flexibility index (Phi) is 7.42. The second-order valence-electron chi connectivity index (χ2n) is 8.65. The predicted molar refractivity (Wildman–Crippen MR) is 132 cm³/mol. The number of carbonyl (C=O) groups excluding carboxylic acids is 2. The second-order valence-corrected chi connectivity index (χ2v) is 9.76. The smallest absolute Gasteiger partial charge is 0.407 e. The van der Waals surface area contributed by atoms with Gasteiger partial charge in [0.05, 0.1) is 12.1 Å². The third-order valence-electron chi connectivity index (χ3n) is 5.91. The number of fused-ring (bicyclic) bond motifs is 1. The van der Waals surface area contributed by atoms with Gasteiger partial charge in [0.1, 0.15) is 28.3 Å². The van der Waals surface area contributed by atoms with Crippen LogP contribution in [-0.4, -0.2) is 28.4 Å². The number of aromatic hydroxyl groups is 1. The van der Waals surface area contributed by atoms with E-state index in [1.54, 1.807) is 31.2 Å². The first-order chi connectivity index (χ1) is 16.8. The number of rotatable bonds is 7. The zero-order valence-corrected chi connectivity index (χ0v) is 20.4. The summed E-state index contributed by atoms with van der Waals surface area (Å²) in [6, 6.07) is 8.66. The van der Waals surface area contributed by atoms with E-state index in [4.69, 9.17) is 15.7 Å². The number of nitrogens with zero attached hydrogens (tertiary/aromatic N) is 1. The number of hydrogen-bond donors (Lipinski definition) is 3. The number of thiophene rings is 1. The van der Waals surface area contributed by atoms with E-state index in [9.17, 15) is 14.7 Å². The van der Waals surface area contributed by atoms with Gasteiger partial charge in [0.25, 0.3) is 0 Å². The van der Waals surface area contributed by atoms with Gasteiger partial charge < -0.3 is 25.0 Å². The summed E-state index contributed by atoms with van der Waals surface area (Å²) < 4.78 is 10.6. The van der Waals surface area contributed by atoms with Crippen molar-refractivity contribution in [2.45, 2.75) is 58.1 Å². The maximum Gasteiger partial charge on any atom is 0.407 e. The number of ether oxygens (including phenoxy) is 1. The standard InChI is InChI=1S/C26H27N3O5S/c1-4-21-22-9-8-20(33-26(32)27-14-18-11-16(3)34-29-18)13-23(22)35-25(21)28-24(31)10-15(2)17-6-5-7-19(30)12-17/h1,5-7,11-12,15,20,30H,8-10,13-14H2,2-3H3,(H,27,32)(H,28,31). The fourth-order valence-corrected chi connectivity index (χ4v) is 5.45. The van der Waals surface area contributed by atoms with Gasteiger partial charge in [-0.15, -0.1) is 17.8 Å². The summed E-state index contributed by atoms with van der Waals surface area (Å²) in [5.41, 5.74) is 3.25. The van der Waals surface area contributed by atoms with Crippen LogP contribution in [0.5, 0.6) is 5.75 Å². The molecule has 2 aromatic heterocycles. The van der Waals surface area contributed by atoms with Gasteiger partial charge in [0.15, 0.2) is 0 Å². The number of nitrogens with one attached hydrogen (secondary N) is 2. The van der Waals surface area contributed by atoms with Crippen molar-refractivity contribution in [2.75, 3.05) is 5.32 Å². The number of anilines is 1. The van der Waals surface area contributed by atoms with Gasteiger partial charge >= 0.3 is 6.09 Å². The van der Waals surface area contributed by atoms with Gasteiger partial charge in [-0.3, -0.25) is 4.79 Å². The average molecular weight is 494 g/mol. The highest BCUT2D eigenvalue weighted by atomic mass is 32.1. The predicted octanol–water partition coefficient (Wildman–Crippen LogP) is 4.65. The molecule has 182 valence electrons. The van der Waals surface area contributed by atoms with Crippen molar-refractivity contribution in [3.63, 3.8) is 0 Å². The molecule has 0 aliphatic heterocycles. The topological polar surface area (TPSA) is 114 Å². The molecule has 0 radical (unpaired) electrons. The van der Waals surface area contributed by atoms with Crippen LogP contribution in [0.25, 0.3) is 0 Å². The summed E-state index contributed by atoms with van der Waals surface area (Å²) >= 11 is 1.44. The fourth-order valence-electron chi connectivity index (χ4n) is 4.16. The molecule has 3 aromatic rings. The summed E-state index contributed by atoms with van der Waals surface area (Å²) in [4.78, 5) is 26.0. The summed E-state index contributed by atoms with van der Waals surface area (Å²) in [7, 11) is 0. The molecule has 0 saturated heterocycles. The normalized spacial score (nSPS) is 15.5. The number of benzene rings is 1. The van der Waals surface area contributed by atoms with E-state index < -0.39 is 6.09 Å². The molecule has 9 heteroatoms. The molecule has 1 aromatic carbocycles. The van der Waals surface area contributed by atoms with Crippen molar-refractivity contribution in [1.82, 2.24) is 10.5 Å². The van der Waals surface area contributed by atoms with Gasteiger partial charge in [-0.2, -0.15) is 0 Å². The van der Waals surface area contributed by atoms with E-state index in [2.05, 4.69) is 21.7 Å². The Labute approximate surface area is 207 Å². The minimum Gasteiger partial charge on any atom is -0.508 e. The molecule has 1 aliphatic rings. The van der Waals surface area contributed by atoms with Crippen molar-refractivity contribution < 1.29 is 24.0 Å². The zero-order valence-electron chi connectivity index (χ0n) is 19.6. The fraction of sp³-hybridized carbons (Fsp3) is 0.346. The van der Waals surface area contributed by atoms with E-state index in [0.29, 0.717) is 41.3 Å². The number of terminal acetylenes is 1. The van der Waals surface area contributed by atoms with Crippen LogP contribution in [0.3, 0.4) is 0 Å². The first kappa shape index (κ1) is 24.4. The molecule has 0 fully saturated rings. The van der Waals surface area contributed by atoms with Crippen molar-refractivity contribution in [3.05, 3.63) is 63.4 Å². The highest BCUT2D eigenvalue weighted by Gasteiger charge is 2.28.